The smallest absolute Gasteiger partial charge is 0.314 e. The fourth-order valence-corrected chi connectivity index (χ4v) is 0.727. The van der Waals surface area contributed by atoms with Crippen LogP contribution in [0.25, 0.3) is 0 Å². The largest absolute Gasteiger partial charge is 0.396 e. The summed E-state index contributed by atoms with van der Waals surface area (Å²) in [6.07, 6.45) is 0. The Bertz CT molecular complexity index is 446. The number of anilines is 3. The molecule has 0 unspecified atom stereocenters. The average Bonchev–Trinajstić information content (AvgIpc) is 2.48. The number of nitrogens with two attached hydrogens (primary N) is 3. The summed E-state index contributed by atoms with van der Waals surface area (Å²) >= 11 is 0. The van der Waals surface area contributed by atoms with Crippen molar-refractivity contribution in [1.82, 2.24) is 15.0 Å². The zero-order chi connectivity index (χ0) is 21.3. The van der Waals surface area contributed by atoms with Gasteiger partial charge < -0.3 is 57.2 Å². The predicted octanol–water partition coefficient (Wildman–Crippen LogP) is -4.72. The summed E-state index contributed by atoms with van der Waals surface area (Å²) in [5, 5.41) is 34.0. The summed E-state index contributed by atoms with van der Waals surface area (Å²) in [7, 11) is -6.26. The third kappa shape index (κ3) is 20.6. The average molecular weight is 426 g/mol. The Labute approximate surface area is 148 Å². The second-order valence-electron chi connectivity index (χ2n) is 4.11. The minimum atomic E-state index is -3.13. The first-order chi connectivity index (χ1) is 11.9. The molecular weight excluding hydrogens is 402 g/mol. The van der Waals surface area contributed by atoms with E-state index in [0.717, 1.165) is 0 Å². The Morgan fingerprint density at radius 2 is 0.808 bits per heavy atom. The lowest BCUT2D eigenvalue weighted by Gasteiger charge is -2.23. The molecule has 0 aliphatic rings. The highest BCUT2D eigenvalue weighted by molar-refractivity contribution is 7.31. The SMILES string of the molecule is Nc1nc(N)nc(N)n1.O=[PH](O)O.O=[PH](O)O.OCC(CO)(CO)CO. The lowest BCUT2D eigenvalue weighted by atomic mass is 9.93. The summed E-state index contributed by atoms with van der Waals surface area (Å²) < 4.78 is 17.5. The number of aliphatic hydroxyl groups excluding tert-OH is 4. The molecular formula is C8H24N6O10P2. The topological polar surface area (TPSA) is 313 Å². The Morgan fingerprint density at radius 1 is 0.654 bits per heavy atom. The third-order valence-electron chi connectivity index (χ3n) is 2.03. The van der Waals surface area contributed by atoms with Crippen LogP contribution in [0.2, 0.25) is 0 Å². The molecule has 0 amide bonds. The first-order valence-corrected chi connectivity index (χ1v) is 8.79. The van der Waals surface area contributed by atoms with Gasteiger partial charge in [0.2, 0.25) is 17.8 Å². The molecule has 16 nitrogen and oxygen atoms in total. The molecule has 0 bridgehead atoms. The molecule has 18 heteroatoms. The summed E-state index contributed by atoms with van der Waals surface area (Å²) in [6.45, 7) is -1.62. The molecule has 156 valence electrons. The third-order valence-corrected chi connectivity index (χ3v) is 2.03. The molecule has 1 aromatic rings. The van der Waals surface area contributed by atoms with E-state index in [4.69, 9.17) is 66.3 Å². The van der Waals surface area contributed by atoms with Gasteiger partial charge in [-0.05, 0) is 0 Å². The number of nitrogens with zero attached hydrogens (tertiary/aromatic N) is 3. The van der Waals surface area contributed by atoms with Gasteiger partial charge in [0.05, 0.1) is 31.8 Å². The maximum atomic E-state index is 8.74. The number of nitrogen functional groups attached to an aromatic ring is 3. The van der Waals surface area contributed by atoms with Gasteiger partial charge in [0.25, 0.3) is 0 Å². The van der Waals surface area contributed by atoms with Crippen molar-refractivity contribution in [2.24, 2.45) is 5.41 Å². The van der Waals surface area contributed by atoms with Crippen LogP contribution in [-0.2, 0) is 9.13 Å². The Hall–Kier alpha value is -1.45. The van der Waals surface area contributed by atoms with Gasteiger partial charge in [0.15, 0.2) is 0 Å². The van der Waals surface area contributed by atoms with Crippen molar-refractivity contribution < 1.29 is 49.1 Å². The van der Waals surface area contributed by atoms with Crippen LogP contribution in [-0.4, -0.2) is 81.4 Å². The summed E-state index contributed by atoms with van der Waals surface area (Å²) in [6, 6.07) is 0. The zero-order valence-electron chi connectivity index (χ0n) is 13.3. The Balaban J connectivity index is -0.000000293. The monoisotopic (exact) mass is 426 g/mol. The van der Waals surface area contributed by atoms with Crippen LogP contribution in [0.3, 0.4) is 0 Å². The number of aromatic nitrogens is 3. The highest BCUT2D eigenvalue weighted by Crippen LogP contribution is 2.11. The van der Waals surface area contributed by atoms with Crippen LogP contribution in [0, 0.1) is 5.41 Å². The second kappa shape index (κ2) is 17.0. The van der Waals surface area contributed by atoms with Crippen molar-refractivity contribution in [3.05, 3.63) is 0 Å². The molecule has 0 aromatic carbocycles. The van der Waals surface area contributed by atoms with E-state index in [-0.39, 0.29) is 17.8 Å². The van der Waals surface area contributed by atoms with Crippen LogP contribution < -0.4 is 17.2 Å². The van der Waals surface area contributed by atoms with Gasteiger partial charge in [-0.3, -0.25) is 9.13 Å². The quantitative estimate of drug-likeness (QED) is 0.201. The first-order valence-electron chi connectivity index (χ1n) is 6.19. The van der Waals surface area contributed by atoms with E-state index in [9.17, 15) is 0 Å². The minimum absolute atomic E-state index is 0.0417. The maximum Gasteiger partial charge on any atom is 0.314 e. The number of rotatable bonds is 4. The van der Waals surface area contributed by atoms with Crippen molar-refractivity contribution in [1.29, 1.82) is 0 Å². The van der Waals surface area contributed by atoms with Crippen molar-refractivity contribution in [3.63, 3.8) is 0 Å². The van der Waals surface area contributed by atoms with Crippen molar-refractivity contribution >= 4 is 34.4 Å². The number of hydrogen-bond acceptors (Lipinski definition) is 12. The van der Waals surface area contributed by atoms with E-state index in [0.29, 0.717) is 0 Å². The minimum Gasteiger partial charge on any atom is -0.396 e. The van der Waals surface area contributed by atoms with Gasteiger partial charge in [-0.1, -0.05) is 0 Å². The lowest BCUT2D eigenvalue weighted by molar-refractivity contribution is -0.0328. The first kappa shape index (κ1) is 29.3. The van der Waals surface area contributed by atoms with Gasteiger partial charge >= 0.3 is 16.5 Å². The van der Waals surface area contributed by atoms with Gasteiger partial charge in [0, 0.05) is 0 Å². The zero-order valence-corrected chi connectivity index (χ0v) is 15.3. The van der Waals surface area contributed by atoms with Crippen molar-refractivity contribution in [2.75, 3.05) is 43.6 Å². The molecule has 0 spiro atoms. The van der Waals surface area contributed by atoms with Crippen molar-refractivity contribution in [2.45, 2.75) is 0 Å². The Morgan fingerprint density at radius 3 is 0.885 bits per heavy atom. The second-order valence-corrected chi connectivity index (χ2v) is 5.24. The molecule has 1 aromatic heterocycles. The molecule has 0 aliphatic heterocycles. The van der Waals surface area contributed by atoms with Crippen LogP contribution in [0.4, 0.5) is 17.8 Å². The Kier molecular flexibility index (Phi) is 19.2. The summed E-state index contributed by atoms with van der Waals surface area (Å²) in [4.78, 5) is 39.1. The normalized spacial score (nSPS) is 10.1. The molecule has 1 heterocycles. The van der Waals surface area contributed by atoms with Crippen LogP contribution in [0.15, 0.2) is 0 Å². The van der Waals surface area contributed by atoms with Crippen LogP contribution >= 0.6 is 16.5 Å². The molecule has 0 fully saturated rings. The van der Waals surface area contributed by atoms with Gasteiger partial charge in [-0.25, -0.2) is 0 Å². The van der Waals surface area contributed by atoms with Gasteiger partial charge in [0.1, 0.15) is 0 Å². The lowest BCUT2D eigenvalue weighted by Crippen LogP contribution is -2.37. The van der Waals surface area contributed by atoms with E-state index in [1.807, 2.05) is 0 Å². The molecule has 0 saturated carbocycles. The molecule has 0 saturated heterocycles. The fourth-order valence-electron chi connectivity index (χ4n) is 0.727. The highest BCUT2D eigenvalue weighted by Gasteiger charge is 2.26. The molecule has 0 atom stereocenters. The van der Waals surface area contributed by atoms with E-state index in [1.54, 1.807) is 0 Å². The van der Waals surface area contributed by atoms with E-state index in [1.165, 1.54) is 0 Å². The van der Waals surface area contributed by atoms with Crippen molar-refractivity contribution in [3.8, 4) is 0 Å². The van der Waals surface area contributed by atoms with E-state index in [2.05, 4.69) is 15.0 Å². The molecule has 0 aliphatic carbocycles. The molecule has 14 N–H and O–H groups in total. The van der Waals surface area contributed by atoms with Crippen LogP contribution in [0.1, 0.15) is 0 Å². The van der Waals surface area contributed by atoms with E-state index < -0.39 is 48.4 Å². The standard InChI is InChI=1S/C5H12O4.C3H6N6.2H3O3P/c6-1-5(2-7,3-8)4-9;4-1-7-2(5)9-3(6)8-1;2*1-4(2)3/h6-9H,1-4H2;(H6,4,5,6,7,8,9);2*4H,(H2,1,2,3). The van der Waals surface area contributed by atoms with Gasteiger partial charge in [-0.2, -0.15) is 15.0 Å². The molecule has 26 heavy (non-hydrogen) atoms. The summed E-state index contributed by atoms with van der Waals surface area (Å²) in [5.41, 5.74) is 14.3. The fraction of sp³-hybridized carbons (Fsp3) is 0.625. The van der Waals surface area contributed by atoms with Gasteiger partial charge in [-0.15, -0.1) is 0 Å². The maximum absolute atomic E-state index is 8.74. The molecule has 0 radical (unpaired) electrons. The highest BCUT2D eigenvalue weighted by atomic mass is 31.1. The number of hydrogen-bond donors (Lipinski definition) is 11. The molecule has 1 rings (SSSR count). The van der Waals surface area contributed by atoms with E-state index >= 15 is 0 Å². The number of aliphatic hydroxyl groups is 4. The van der Waals surface area contributed by atoms with Crippen LogP contribution in [0.5, 0.6) is 0 Å². The predicted molar refractivity (Wildman–Crippen MR) is 90.7 cm³/mol. The summed E-state index contributed by atoms with van der Waals surface area (Å²) in [5.74, 6) is 0.125.